The average molecular weight is 381 g/mol. The molecule has 0 radical (unpaired) electrons. The van der Waals surface area contributed by atoms with Crippen LogP contribution < -0.4 is 0 Å². The van der Waals surface area contributed by atoms with E-state index in [2.05, 4.69) is 94.8 Å². The third kappa shape index (κ3) is 4.30. The lowest BCUT2D eigenvalue weighted by molar-refractivity contribution is -0.0266. The zero-order valence-electron chi connectivity index (χ0n) is 18.8. The number of hydrogen-bond acceptors (Lipinski definition) is 2. The van der Waals surface area contributed by atoms with Crippen LogP contribution in [0.3, 0.4) is 0 Å². The molecule has 0 aliphatic rings. The zero-order chi connectivity index (χ0) is 21.1. The minimum Gasteiger partial charge on any atom is -0.380 e. The Morgan fingerprint density at radius 3 is 2.14 bits per heavy atom. The molecule has 0 heterocycles. The summed E-state index contributed by atoms with van der Waals surface area (Å²) in [6, 6.07) is 12.5. The predicted octanol–water partition coefficient (Wildman–Crippen LogP) is 5.76. The molecule has 1 atom stereocenters. The van der Waals surface area contributed by atoms with Crippen molar-refractivity contribution in [1.29, 1.82) is 0 Å². The van der Waals surface area contributed by atoms with Crippen LogP contribution in [0.5, 0.6) is 0 Å². The molecule has 0 aromatic heterocycles. The maximum absolute atomic E-state index is 12.1. The van der Waals surface area contributed by atoms with Crippen LogP contribution in [-0.2, 0) is 12.0 Å². The first kappa shape index (κ1) is 22.2. The molecule has 0 bridgehead atoms. The van der Waals surface area contributed by atoms with Gasteiger partial charge in [0.2, 0.25) is 0 Å². The highest BCUT2D eigenvalue weighted by Crippen LogP contribution is 2.47. The number of aryl methyl sites for hydroxylation is 3. The van der Waals surface area contributed by atoms with Gasteiger partial charge in [-0.15, -0.1) is 0 Å². The van der Waals surface area contributed by atoms with E-state index >= 15 is 0 Å². The molecular formula is C25H36N2O. The molecule has 0 saturated carbocycles. The maximum Gasteiger partial charge on any atom is 0.120 e. The number of rotatable bonds is 6. The summed E-state index contributed by atoms with van der Waals surface area (Å²) >= 11 is 0. The van der Waals surface area contributed by atoms with Crippen LogP contribution in [0.1, 0.15) is 62.4 Å². The van der Waals surface area contributed by atoms with Gasteiger partial charge in [0.15, 0.2) is 0 Å². The molecule has 3 heteroatoms. The van der Waals surface area contributed by atoms with Crippen molar-refractivity contribution in [2.45, 2.75) is 60.5 Å². The molecule has 2 aromatic rings. The van der Waals surface area contributed by atoms with Crippen LogP contribution in [-0.4, -0.2) is 29.9 Å². The Bertz CT molecular complexity index is 831. The standard InChI is InChI=1S/C25H36N2O/c1-9-20-16-23(26-17-27(8)10-2)19(4)15-22(20)25(28,24(5,6)7)21-13-11-18(3)12-14-21/h11-17,28H,9-10H2,1-8H3/b26-17+. The van der Waals surface area contributed by atoms with E-state index in [0.29, 0.717) is 0 Å². The lowest BCUT2D eigenvalue weighted by Gasteiger charge is -2.42. The predicted molar refractivity (Wildman–Crippen MR) is 121 cm³/mol. The fourth-order valence-electron chi connectivity index (χ4n) is 3.54. The molecule has 3 nitrogen and oxygen atoms in total. The van der Waals surface area contributed by atoms with E-state index in [4.69, 9.17) is 0 Å². The molecular weight excluding hydrogens is 344 g/mol. The lowest BCUT2D eigenvalue weighted by atomic mass is 9.66. The fourth-order valence-corrected chi connectivity index (χ4v) is 3.54. The van der Waals surface area contributed by atoms with Crippen molar-refractivity contribution in [3.8, 4) is 0 Å². The second-order valence-electron chi connectivity index (χ2n) is 8.79. The molecule has 0 amide bonds. The Hall–Kier alpha value is -2.13. The minimum absolute atomic E-state index is 0.369. The highest BCUT2D eigenvalue weighted by atomic mass is 16.3. The fraction of sp³-hybridized carbons (Fsp3) is 0.480. The van der Waals surface area contributed by atoms with Gasteiger partial charge in [-0.2, -0.15) is 0 Å². The number of nitrogens with zero attached hydrogens (tertiary/aromatic N) is 2. The van der Waals surface area contributed by atoms with Gasteiger partial charge in [0.1, 0.15) is 5.60 Å². The van der Waals surface area contributed by atoms with E-state index in [9.17, 15) is 5.11 Å². The van der Waals surface area contributed by atoms with Gasteiger partial charge in [-0.1, -0.05) is 63.6 Å². The molecule has 0 aliphatic carbocycles. The molecule has 28 heavy (non-hydrogen) atoms. The zero-order valence-corrected chi connectivity index (χ0v) is 18.8. The highest BCUT2D eigenvalue weighted by Gasteiger charge is 2.44. The third-order valence-corrected chi connectivity index (χ3v) is 5.64. The molecule has 0 aliphatic heterocycles. The molecule has 0 fully saturated rings. The van der Waals surface area contributed by atoms with Crippen LogP contribution >= 0.6 is 0 Å². The summed E-state index contributed by atoms with van der Waals surface area (Å²) in [4.78, 5) is 6.73. The third-order valence-electron chi connectivity index (χ3n) is 5.64. The second-order valence-corrected chi connectivity index (χ2v) is 8.79. The SMILES string of the molecule is CCc1cc(/N=C/N(C)CC)c(C)cc1C(O)(c1ccc(C)cc1)C(C)(C)C. The smallest absolute Gasteiger partial charge is 0.120 e. The number of aliphatic hydroxyl groups is 1. The summed E-state index contributed by atoms with van der Waals surface area (Å²) in [5.41, 5.74) is 4.81. The molecule has 0 spiro atoms. The van der Waals surface area contributed by atoms with Crippen molar-refractivity contribution in [3.63, 3.8) is 0 Å². The van der Waals surface area contributed by atoms with Crippen LogP contribution in [0.2, 0.25) is 0 Å². The Labute approximate surface area is 171 Å². The van der Waals surface area contributed by atoms with Crippen molar-refractivity contribution in [3.05, 3.63) is 64.2 Å². The van der Waals surface area contributed by atoms with Gasteiger partial charge in [0.25, 0.3) is 0 Å². The molecule has 2 aromatic carbocycles. The van der Waals surface area contributed by atoms with Crippen molar-refractivity contribution >= 4 is 12.0 Å². The summed E-state index contributed by atoms with van der Waals surface area (Å²) in [5, 5.41) is 12.1. The van der Waals surface area contributed by atoms with Crippen LogP contribution in [0.25, 0.3) is 0 Å². The Morgan fingerprint density at radius 2 is 1.64 bits per heavy atom. The summed E-state index contributed by atoms with van der Waals surface area (Å²) in [5.74, 6) is 0. The van der Waals surface area contributed by atoms with Gasteiger partial charge in [0.05, 0.1) is 12.0 Å². The minimum atomic E-state index is -1.08. The van der Waals surface area contributed by atoms with Crippen molar-refractivity contribution in [2.75, 3.05) is 13.6 Å². The van der Waals surface area contributed by atoms with E-state index in [1.807, 2.05) is 13.4 Å². The van der Waals surface area contributed by atoms with Gasteiger partial charge < -0.3 is 10.0 Å². The molecule has 2 rings (SSSR count). The van der Waals surface area contributed by atoms with E-state index < -0.39 is 5.60 Å². The Balaban J connectivity index is 2.69. The van der Waals surface area contributed by atoms with Crippen molar-refractivity contribution in [2.24, 2.45) is 10.4 Å². The maximum atomic E-state index is 12.1. The number of benzene rings is 2. The molecule has 1 N–H and O–H groups in total. The monoisotopic (exact) mass is 380 g/mol. The summed E-state index contributed by atoms with van der Waals surface area (Å²) in [6.07, 6.45) is 2.71. The van der Waals surface area contributed by atoms with Crippen LogP contribution in [0.15, 0.2) is 41.4 Å². The second kappa shape index (κ2) is 8.48. The quantitative estimate of drug-likeness (QED) is 0.511. The highest BCUT2D eigenvalue weighted by molar-refractivity contribution is 5.64. The van der Waals surface area contributed by atoms with Gasteiger partial charge in [0, 0.05) is 13.6 Å². The first-order valence-electron chi connectivity index (χ1n) is 10.2. The van der Waals surface area contributed by atoms with E-state index in [0.717, 1.165) is 40.9 Å². The number of aliphatic imine (C=N–C) groups is 1. The van der Waals surface area contributed by atoms with E-state index in [1.54, 1.807) is 0 Å². The first-order chi connectivity index (χ1) is 13.0. The van der Waals surface area contributed by atoms with Gasteiger partial charge in [-0.05, 0) is 60.9 Å². The van der Waals surface area contributed by atoms with E-state index in [1.165, 1.54) is 5.56 Å². The van der Waals surface area contributed by atoms with Gasteiger partial charge >= 0.3 is 0 Å². The summed E-state index contributed by atoms with van der Waals surface area (Å²) in [6.45, 7) is 15.6. The largest absolute Gasteiger partial charge is 0.380 e. The molecule has 1 unspecified atom stereocenters. The molecule has 152 valence electrons. The first-order valence-corrected chi connectivity index (χ1v) is 10.2. The summed E-state index contributed by atoms with van der Waals surface area (Å²) in [7, 11) is 2.02. The Kier molecular flexibility index (Phi) is 6.71. The topological polar surface area (TPSA) is 35.8 Å². The van der Waals surface area contributed by atoms with Crippen molar-refractivity contribution < 1.29 is 5.11 Å². The van der Waals surface area contributed by atoms with Gasteiger partial charge in [-0.3, -0.25) is 0 Å². The average Bonchev–Trinajstić information content (AvgIpc) is 2.65. The van der Waals surface area contributed by atoms with Gasteiger partial charge in [-0.25, -0.2) is 4.99 Å². The molecule has 0 saturated heterocycles. The Morgan fingerprint density at radius 1 is 1.04 bits per heavy atom. The number of hydrogen-bond donors (Lipinski definition) is 1. The van der Waals surface area contributed by atoms with E-state index in [-0.39, 0.29) is 5.41 Å². The summed E-state index contributed by atoms with van der Waals surface area (Å²) < 4.78 is 0. The normalized spacial score (nSPS) is 14.3. The lowest BCUT2D eigenvalue weighted by Crippen LogP contribution is -2.42. The van der Waals surface area contributed by atoms with Crippen LogP contribution in [0.4, 0.5) is 5.69 Å². The van der Waals surface area contributed by atoms with Crippen LogP contribution in [0, 0.1) is 19.3 Å². The van der Waals surface area contributed by atoms with Crippen molar-refractivity contribution in [1.82, 2.24) is 4.90 Å².